The molecular formula is C10H7NO2S. The van der Waals surface area contributed by atoms with E-state index in [9.17, 15) is 4.79 Å². The van der Waals surface area contributed by atoms with E-state index in [1.54, 1.807) is 11.8 Å². The summed E-state index contributed by atoms with van der Waals surface area (Å²) in [6, 6.07) is 3.84. The summed E-state index contributed by atoms with van der Waals surface area (Å²) in [4.78, 5) is 11.1. The fourth-order valence-electron chi connectivity index (χ4n) is 1.73. The van der Waals surface area contributed by atoms with Crippen LogP contribution in [0.3, 0.4) is 0 Å². The van der Waals surface area contributed by atoms with Gasteiger partial charge in [-0.25, -0.2) is 0 Å². The van der Waals surface area contributed by atoms with E-state index in [1.807, 2.05) is 23.6 Å². The molecule has 70 valence electrons. The molecule has 1 aromatic heterocycles. The van der Waals surface area contributed by atoms with Crippen molar-refractivity contribution in [2.24, 2.45) is 5.73 Å². The molecule has 1 amide bonds. The molecular weight excluding hydrogens is 198 g/mol. The first-order chi connectivity index (χ1) is 6.75. The number of hydrogen-bond acceptors (Lipinski definition) is 3. The Labute approximate surface area is 84.6 Å². The Kier molecular flexibility index (Phi) is 1.44. The van der Waals surface area contributed by atoms with Crippen LogP contribution in [-0.2, 0) is 4.79 Å². The van der Waals surface area contributed by atoms with E-state index in [2.05, 4.69) is 0 Å². The van der Waals surface area contributed by atoms with Crippen LogP contribution in [0.15, 0.2) is 33.1 Å². The number of primary amides is 1. The van der Waals surface area contributed by atoms with Gasteiger partial charge in [0.15, 0.2) is 0 Å². The standard InChI is InChI=1S/C10H7NO2S/c11-10(12)7-4-14-9-6(7)3-5-1-2-8(9)13-5/h1-4,9H,(H2,11,12). The van der Waals surface area contributed by atoms with Gasteiger partial charge in [-0.15, -0.1) is 11.8 Å². The van der Waals surface area contributed by atoms with Gasteiger partial charge < -0.3 is 10.2 Å². The number of furan rings is 1. The van der Waals surface area contributed by atoms with Crippen LogP contribution in [0.1, 0.15) is 16.8 Å². The minimum atomic E-state index is -0.367. The molecule has 0 saturated carbocycles. The number of carbonyl (C=O) groups is 1. The SMILES string of the molecule is NC(=O)C1=CSC2C1=Cc1ccc2o1. The first-order valence-electron chi connectivity index (χ1n) is 4.23. The Morgan fingerprint density at radius 3 is 3.14 bits per heavy atom. The molecule has 3 rings (SSSR count). The number of rotatable bonds is 1. The van der Waals surface area contributed by atoms with Gasteiger partial charge in [-0.1, -0.05) is 0 Å². The minimum Gasteiger partial charge on any atom is -0.460 e. The lowest BCUT2D eigenvalue weighted by Crippen LogP contribution is -2.15. The quantitative estimate of drug-likeness (QED) is 0.761. The third-order valence-electron chi connectivity index (χ3n) is 2.38. The molecule has 1 unspecified atom stereocenters. The first kappa shape index (κ1) is 7.94. The smallest absolute Gasteiger partial charge is 0.249 e. The van der Waals surface area contributed by atoms with Crippen molar-refractivity contribution >= 4 is 23.7 Å². The van der Waals surface area contributed by atoms with E-state index >= 15 is 0 Å². The molecule has 2 bridgehead atoms. The van der Waals surface area contributed by atoms with Gasteiger partial charge in [0.2, 0.25) is 5.91 Å². The minimum absolute atomic E-state index is 0.125. The molecule has 1 atom stereocenters. The molecule has 0 aliphatic carbocycles. The lowest BCUT2D eigenvalue weighted by Gasteiger charge is -2.13. The van der Waals surface area contributed by atoms with E-state index in [-0.39, 0.29) is 11.2 Å². The van der Waals surface area contributed by atoms with Crippen molar-refractivity contribution in [3.8, 4) is 0 Å². The van der Waals surface area contributed by atoms with Crippen LogP contribution in [0.4, 0.5) is 0 Å². The Balaban J connectivity index is 2.12. The van der Waals surface area contributed by atoms with Crippen molar-refractivity contribution < 1.29 is 9.21 Å². The normalized spacial score (nSPS) is 22.7. The molecule has 0 spiro atoms. The number of fused-ring (bicyclic) bond motifs is 4. The lowest BCUT2D eigenvalue weighted by atomic mass is 10.0. The van der Waals surface area contributed by atoms with Gasteiger partial charge in [0.25, 0.3) is 0 Å². The second-order valence-electron chi connectivity index (χ2n) is 3.25. The molecule has 0 saturated heterocycles. The lowest BCUT2D eigenvalue weighted by molar-refractivity contribution is -0.114. The van der Waals surface area contributed by atoms with Crippen molar-refractivity contribution in [2.45, 2.75) is 5.25 Å². The molecule has 14 heavy (non-hydrogen) atoms. The molecule has 3 nitrogen and oxygen atoms in total. The summed E-state index contributed by atoms with van der Waals surface area (Å²) in [5.74, 6) is 1.32. The summed E-state index contributed by atoms with van der Waals surface area (Å²) in [6.07, 6.45) is 1.88. The van der Waals surface area contributed by atoms with Crippen LogP contribution in [0.5, 0.6) is 0 Å². The topological polar surface area (TPSA) is 56.2 Å². The van der Waals surface area contributed by atoms with E-state index in [4.69, 9.17) is 10.2 Å². The summed E-state index contributed by atoms with van der Waals surface area (Å²) in [5, 5.41) is 1.93. The van der Waals surface area contributed by atoms with Gasteiger partial charge in [-0.3, -0.25) is 4.79 Å². The number of carbonyl (C=O) groups excluding carboxylic acids is 1. The predicted molar refractivity (Wildman–Crippen MR) is 54.3 cm³/mol. The zero-order valence-electron chi connectivity index (χ0n) is 7.19. The average Bonchev–Trinajstić information content (AvgIpc) is 2.71. The summed E-state index contributed by atoms with van der Waals surface area (Å²) < 4.78 is 5.48. The summed E-state index contributed by atoms with van der Waals surface area (Å²) in [7, 11) is 0. The third kappa shape index (κ3) is 0.915. The highest BCUT2D eigenvalue weighted by molar-refractivity contribution is 8.02. The Hall–Kier alpha value is -1.42. The fraction of sp³-hybridized carbons (Fsp3) is 0.100. The number of hydrogen-bond donors (Lipinski definition) is 1. The molecule has 2 aliphatic heterocycles. The number of thioether (sulfide) groups is 1. The van der Waals surface area contributed by atoms with Crippen molar-refractivity contribution in [1.29, 1.82) is 0 Å². The summed E-state index contributed by atoms with van der Waals surface area (Å²) in [6.45, 7) is 0. The molecule has 0 fully saturated rings. The van der Waals surface area contributed by atoms with E-state index in [1.165, 1.54) is 0 Å². The van der Waals surface area contributed by atoms with Gasteiger partial charge in [0.1, 0.15) is 11.5 Å². The Morgan fingerprint density at radius 2 is 2.36 bits per heavy atom. The third-order valence-corrected chi connectivity index (χ3v) is 3.51. The predicted octanol–water partition coefficient (Wildman–Crippen LogP) is 1.83. The second kappa shape index (κ2) is 2.54. The molecule has 2 aliphatic rings. The molecule has 2 N–H and O–H groups in total. The van der Waals surface area contributed by atoms with Gasteiger partial charge in [0.05, 0.1) is 10.8 Å². The zero-order valence-corrected chi connectivity index (χ0v) is 8.01. The van der Waals surface area contributed by atoms with E-state index in [0.29, 0.717) is 5.57 Å². The zero-order chi connectivity index (χ0) is 9.71. The fourth-order valence-corrected chi connectivity index (χ4v) is 2.86. The number of amides is 1. The van der Waals surface area contributed by atoms with Crippen LogP contribution in [-0.4, -0.2) is 5.91 Å². The summed E-state index contributed by atoms with van der Waals surface area (Å²) in [5.41, 5.74) is 6.86. The van der Waals surface area contributed by atoms with Crippen LogP contribution in [0, 0.1) is 0 Å². The maximum Gasteiger partial charge on any atom is 0.249 e. The van der Waals surface area contributed by atoms with Crippen molar-refractivity contribution in [1.82, 2.24) is 0 Å². The monoisotopic (exact) mass is 205 g/mol. The van der Waals surface area contributed by atoms with Gasteiger partial charge in [-0.2, -0.15) is 0 Å². The van der Waals surface area contributed by atoms with Crippen LogP contribution < -0.4 is 5.73 Å². The molecule has 1 aromatic rings. The average molecular weight is 205 g/mol. The van der Waals surface area contributed by atoms with Crippen LogP contribution in [0.25, 0.3) is 6.08 Å². The van der Waals surface area contributed by atoms with Crippen LogP contribution >= 0.6 is 11.8 Å². The Morgan fingerprint density at radius 1 is 1.50 bits per heavy atom. The number of nitrogens with two attached hydrogens (primary N) is 1. The molecule has 3 heterocycles. The van der Waals surface area contributed by atoms with Gasteiger partial charge in [-0.05, 0) is 29.2 Å². The molecule has 0 radical (unpaired) electrons. The largest absolute Gasteiger partial charge is 0.460 e. The summed E-state index contributed by atoms with van der Waals surface area (Å²) >= 11 is 1.56. The highest BCUT2D eigenvalue weighted by Gasteiger charge is 2.33. The van der Waals surface area contributed by atoms with Gasteiger partial charge in [0, 0.05) is 0 Å². The van der Waals surface area contributed by atoms with E-state index in [0.717, 1.165) is 17.1 Å². The molecule has 0 aromatic carbocycles. The maximum atomic E-state index is 11.1. The van der Waals surface area contributed by atoms with Crippen molar-refractivity contribution in [3.63, 3.8) is 0 Å². The van der Waals surface area contributed by atoms with Gasteiger partial charge >= 0.3 is 0 Å². The maximum absolute atomic E-state index is 11.1. The first-order valence-corrected chi connectivity index (χ1v) is 5.17. The highest BCUT2D eigenvalue weighted by Crippen LogP contribution is 2.50. The Bertz CT molecular complexity index is 484. The van der Waals surface area contributed by atoms with E-state index < -0.39 is 0 Å². The van der Waals surface area contributed by atoms with Crippen LogP contribution in [0.2, 0.25) is 0 Å². The second-order valence-corrected chi connectivity index (χ2v) is 4.23. The van der Waals surface area contributed by atoms with Crippen molar-refractivity contribution in [2.75, 3.05) is 0 Å². The van der Waals surface area contributed by atoms with Crippen molar-refractivity contribution in [3.05, 3.63) is 40.2 Å². The molecule has 4 heteroatoms. The highest BCUT2D eigenvalue weighted by atomic mass is 32.2.